The maximum atomic E-state index is 11.6. The lowest BCUT2D eigenvalue weighted by atomic mass is 10.2. The fraction of sp³-hybridized carbons (Fsp3) is 0. The van der Waals surface area contributed by atoms with Crippen LogP contribution in [0.1, 0.15) is 0 Å². The van der Waals surface area contributed by atoms with Crippen molar-refractivity contribution in [2.75, 3.05) is 5.84 Å². The first-order valence-electron chi connectivity index (χ1n) is 4.60. The summed E-state index contributed by atoms with van der Waals surface area (Å²) in [6, 6.07) is 7.05. The molecule has 3 N–H and O–H groups in total. The van der Waals surface area contributed by atoms with E-state index in [9.17, 15) is 9.59 Å². The molecule has 80 valence electrons. The molecule has 0 aliphatic heterocycles. The number of nitrogens with one attached hydrogen (secondary N) is 1. The van der Waals surface area contributed by atoms with Crippen LogP contribution in [0.4, 0.5) is 0 Å². The molecular formula is C10H7N3O3. The second-order valence-corrected chi connectivity index (χ2v) is 3.41. The largest absolute Gasteiger partial charge is 0.449 e. The summed E-state index contributed by atoms with van der Waals surface area (Å²) in [5, 5.41) is 0.687. The number of hydrogen-bond donors (Lipinski definition) is 2. The number of nitrogen functional groups attached to an aromatic ring is 1. The van der Waals surface area contributed by atoms with Crippen molar-refractivity contribution in [2.24, 2.45) is 0 Å². The summed E-state index contributed by atoms with van der Waals surface area (Å²) in [5.41, 5.74) is -0.328. The molecule has 0 fully saturated rings. The van der Waals surface area contributed by atoms with Gasteiger partial charge in [0.2, 0.25) is 5.58 Å². The second kappa shape index (κ2) is 2.75. The molecule has 6 nitrogen and oxygen atoms in total. The van der Waals surface area contributed by atoms with Crippen LogP contribution >= 0.6 is 0 Å². The minimum absolute atomic E-state index is 0.0586. The summed E-state index contributed by atoms with van der Waals surface area (Å²) in [6.45, 7) is 0. The molecule has 3 rings (SSSR count). The topological polar surface area (TPSA) is 94.0 Å². The lowest BCUT2D eigenvalue weighted by molar-refractivity contribution is 0.652. The highest BCUT2D eigenvalue weighted by Crippen LogP contribution is 2.23. The third-order valence-corrected chi connectivity index (χ3v) is 2.46. The zero-order chi connectivity index (χ0) is 11.3. The van der Waals surface area contributed by atoms with Crippen molar-refractivity contribution in [3.8, 4) is 0 Å². The summed E-state index contributed by atoms with van der Waals surface area (Å²) in [6.07, 6.45) is 0. The molecule has 0 atom stereocenters. The van der Waals surface area contributed by atoms with Gasteiger partial charge in [-0.2, -0.15) is 4.68 Å². The average Bonchev–Trinajstić information content (AvgIpc) is 2.65. The molecule has 3 aromatic rings. The van der Waals surface area contributed by atoms with E-state index in [0.717, 1.165) is 0 Å². The van der Waals surface area contributed by atoms with E-state index in [0.29, 0.717) is 21.2 Å². The SMILES string of the molecule is Nn1c(=O)[nH]c2c(oc3ccccc32)c1=O. The van der Waals surface area contributed by atoms with Crippen molar-refractivity contribution in [1.29, 1.82) is 0 Å². The number of furan rings is 1. The van der Waals surface area contributed by atoms with E-state index in [-0.39, 0.29) is 5.58 Å². The Morgan fingerprint density at radius 3 is 2.81 bits per heavy atom. The predicted octanol–water partition coefficient (Wildman–Crippen LogP) is 0.150. The molecule has 0 aliphatic rings. The number of aromatic nitrogens is 2. The lowest BCUT2D eigenvalue weighted by Crippen LogP contribution is -2.40. The first kappa shape index (κ1) is 8.78. The van der Waals surface area contributed by atoms with Crippen molar-refractivity contribution in [2.45, 2.75) is 0 Å². The van der Waals surface area contributed by atoms with E-state index in [2.05, 4.69) is 4.98 Å². The van der Waals surface area contributed by atoms with E-state index in [1.54, 1.807) is 24.3 Å². The Labute approximate surface area is 87.9 Å². The molecule has 0 amide bonds. The van der Waals surface area contributed by atoms with Crippen molar-refractivity contribution in [3.63, 3.8) is 0 Å². The molecule has 0 saturated heterocycles. The number of para-hydroxylation sites is 1. The number of benzene rings is 1. The standard InChI is InChI=1S/C10H7N3O3/c11-13-9(14)8-7(12-10(13)15)5-3-1-2-4-6(5)16-8/h1-4H,11H2,(H,12,15). The molecule has 0 unspecified atom stereocenters. The Hall–Kier alpha value is -2.50. The van der Waals surface area contributed by atoms with Crippen LogP contribution in [0.2, 0.25) is 0 Å². The molecule has 0 bridgehead atoms. The van der Waals surface area contributed by atoms with Gasteiger partial charge in [-0.15, -0.1) is 0 Å². The highest BCUT2D eigenvalue weighted by Gasteiger charge is 2.12. The van der Waals surface area contributed by atoms with E-state index in [1.807, 2.05) is 0 Å². The quantitative estimate of drug-likeness (QED) is 0.524. The Balaban J connectivity index is 2.72. The first-order valence-corrected chi connectivity index (χ1v) is 4.60. The number of nitrogens with zero attached hydrogens (tertiary/aromatic N) is 1. The summed E-state index contributed by atoms with van der Waals surface area (Å²) in [7, 11) is 0. The minimum atomic E-state index is -0.663. The van der Waals surface area contributed by atoms with Crippen LogP contribution in [0.25, 0.3) is 22.1 Å². The van der Waals surface area contributed by atoms with Crippen molar-refractivity contribution in [1.82, 2.24) is 9.66 Å². The van der Waals surface area contributed by atoms with Crippen LogP contribution in [0.15, 0.2) is 38.3 Å². The van der Waals surface area contributed by atoms with Crippen LogP contribution in [-0.2, 0) is 0 Å². The van der Waals surface area contributed by atoms with E-state index in [1.165, 1.54) is 0 Å². The predicted molar refractivity (Wildman–Crippen MR) is 58.8 cm³/mol. The summed E-state index contributed by atoms with van der Waals surface area (Å²) in [4.78, 5) is 25.5. The molecule has 0 saturated carbocycles. The van der Waals surface area contributed by atoms with Crippen molar-refractivity contribution < 1.29 is 4.42 Å². The molecule has 16 heavy (non-hydrogen) atoms. The van der Waals surface area contributed by atoms with Gasteiger partial charge >= 0.3 is 11.2 Å². The van der Waals surface area contributed by atoms with Crippen LogP contribution < -0.4 is 17.1 Å². The number of hydrogen-bond acceptors (Lipinski definition) is 4. The molecule has 0 aliphatic carbocycles. The van der Waals surface area contributed by atoms with E-state index < -0.39 is 11.2 Å². The monoisotopic (exact) mass is 217 g/mol. The molecule has 2 aromatic heterocycles. The number of aromatic amines is 1. The molecule has 2 heterocycles. The Morgan fingerprint density at radius 2 is 2.00 bits per heavy atom. The molecule has 6 heteroatoms. The fourth-order valence-electron chi connectivity index (χ4n) is 1.69. The van der Waals surface area contributed by atoms with Gasteiger partial charge in [0, 0.05) is 5.39 Å². The highest BCUT2D eigenvalue weighted by atomic mass is 16.3. The number of fused-ring (bicyclic) bond motifs is 3. The van der Waals surface area contributed by atoms with Gasteiger partial charge in [0.05, 0.1) is 0 Å². The molecular weight excluding hydrogens is 210 g/mol. The molecule has 0 spiro atoms. The van der Waals surface area contributed by atoms with Crippen molar-refractivity contribution in [3.05, 3.63) is 45.1 Å². The van der Waals surface area contributed by atoms with Crippen molar-refractivity contribution >= 4 is 22.1 Å². The van der Waals surface area contributed by atoms with Gasteiger partial charge < -0.3 is 15.2 Å². The average molecular weight is 217 g/mol. The van der Waals surface area contributed by atoms with Gasteiger partial charge in [0.15, 0.2) is 0 Å². The normalized spacial score (nSPS) is 11.2. The van der Waals surface area contributed by atoms with Gasteiger partial charge in [-0.1, -0.05) is 12.1 Å². The van der Waals surface area contributed by atoms with E-state index >= 15 is 0 Å². The third kappa shape index (κ3) is 0.952. The Morgan fingerprint density at radius 1 is 1.25 bits per heavy atom. The molecule has 1 aromatic carbocycles. The molecule has 0 radical (unpaired) electrons. The summed E-state index contributed by atoms with van der Waals surface area (Å²) < 4.78 is 5.83. The third-order valence-electron chi connectivity index (χ3n) is 2.46. The number of H-pyrrole nitrogens is 1. The van der Waals surface area contributed by atoms with Gasteiger partial charge in [-0.3, -0.25) is 4.79 Å². The maximum Gasteiger partial charge on any atom is 0.347 e. The van der Waals surface area contributed by atoms with Gasteiger partial charge in [-0.25, -0.2) is 4.79 Å². The zero-order valence-corrected chi connectivity index (χ0v) is 8.06. The van der Waals surface area contributed by atoms with E-state index in [4.69, 9.17) is 10.3 Å². The van der Waals surface area contributed by atoms with Crippen LogP contribution in [0.3, 0.4) is 0 Å². The summed E-state index contributed by atoms with van der Waals surface area (Å²) >= 11 is 0. The Kier molecular flexibility index (Phi) is 1.51. The van der Waals surface area contributed by atoms with Gasteiger partial charge in [-0.05, 0) is 12.1 Å². The maximum absolute atomic E-state index is 11.6. The Bertz CT molecular complexity index is 809. The number of nitrogens with two attached hydrogens (primary N) is 1. The van der Waals surface area contributed by atoms with Crippen LogP contribution in [0.5, 0.6) is 0 Å². The van der Waals surface area contributed by atoms with Gasteiger partial charge in [0.25, 0.3) is 0 Å². The smallest absolute Gasteiger partial charge is 0.347 e. The number of rotatable bonds is 0. The second-order valence-electron chi connectivity index (χ2n) is 3.41. The van der Waals surface area contributed by atoms with Crippen LogP contribution in [0, 0.1) is 0 Å². The zero-order valence-electron chi connectivity index (χ0n) is 8.06. The van der Waals surface area contributed by atoms with Crippen LogP contribution in [-0.4, -0.2) is 9.66 Å². The summed E-state index contributed by atoms with van der Waals surface area (Å²) in [5.74, 6) is 5.27. The fourth-order valence-corrected chi connectivity index (χ4v) is 1.69. The van der Waals surface area contributed by atoms with Gasteiger partial charge in [0.1, 0.15) is 11.1 Å². The minimum Gasteiger partial charge on any atom is -0.449 e. The first-order chi connectivity index (χ1) is 7.68. The lowest BCUT2D eigenvalue weighted by Gasteiger charge is -1.93. The highest BCUT2D eigenvalue weighted by molar-refractivity contribution is 6.01.